The van der Waals surface area contributed by atoms with E-state index in [1.165, 1.54) is 43.3 Å². The molecule has 0 radical (unpaired) electrons. The van der Waals surface area contributed by atoms with Gasteiger partial charge in [0, 0.05) is 41.8 Å². The molecule has 0 fully saturated rings. The van der Waals surface area contributed by atoms with Gasteiger partial charge >= 0.3 is 17.9 Å². The molecule has 0 aromatic heterocycles. The van der Waals surface area contributed by atoms with Crippen molar-refractivity contribution in [3.05, 3.63) is 97.6 Å². The second-order valence-corrected chi connectivity index (χ2v) is 7.03. The van der Waals surface area contributed by atoms with Gasteiger partial charge in [-0.1, -0.05) is 24.8 Å². The molecule has 0 atom stereocenters. The lowest BCUT2D eigenvalue weighted by atomic mass is 10.0. The average molecular weight is 498 g/mol. The Labute approximate surface area is 205 Å². The maximum absolute atomic E-state index is 13.0. The van der Waals surface area contributed by atoms with Crippen LogP contribution in [0.4, 0.5) is 11.4 Å². The standard InChI is InChI=1S/C24H22N2O10/c1-4-34-22(27)15(3)12-20(24(29)35-5-2)21(16-8-6-10-18(13-16)25(30)31)36-23(28)17-9-7-11-19(14-17)26(32)33/h6-11,13-14H,3-5,12H2,1-2H3/b21-20+. The van der Waals surface area contributed by atoms with E-state index in [1.54, 1.807) is 6.92 Å². The van der Waals surface area contributed by atoms with Crippen LogP contribution in [0.25, 0.3) is 5.76 Å². The molecule has 188 valence electrons. The van der Waals surface area contributed by atoms with Crippen LogP contribution in [0.5, 0.6) is 0 Å². The molecule has 0 saturated heterocycles. The number of benzene rings is 2. The quantitative estimate of drug-likeness (QED) is 0.110. The molecule has 0 aliphatic carbocycles. The van der Waals surface area contributed by atoms with Gasteiger partial charge in [0.05, 0.1) is 34.2 Å². The van der Waals surface area contributed by atoms with Gasteiger partial charge in [0.25, 0.3) is 11.4 Å². The van der Waals surface area contributed by atoms with E-state index in [-0.39, 0.29) is 46.9 Å². The number of esters is 3. The van der Waals surface area contributed by atoms with Crippen LogP contribution in [0.3, 0.4) is 0 Å². The van der Waals surface area contributed by atoms with Crippen LogP contribution < -0.4 is 0 Å². The fourth-order valence-corrected chi connectivity index (χ4v) is 2.94. The third-order valence-corrected chi connectivity index (χ3v) is 4.56. The summed E-state index contributed by atoms with van der Waals surface area (Å²) in [5.74, 6) is -3.33. The minimum Gasteiger partial charge on any atom is -0.463 e. The Morgan fingerprint density at radius 3 is 1.86 bits per heavy atom. The first-order chi connectivity index (χ1) is 17.1. The zero-order valence-electron chi connectivity index (χ0n) is 19.4. The smallest absolute Gasteiger partial charge is 0.343 e. The summed E-state index contributed by atoms with van der Waals surface area (Å²) < 4.78 is 15.4. The highest BCUT2D eigenvalue weighted by Gasteiger charge is 2.27. The van der Waals surface area contributed by atoms with Crippen molar-refractivity contribution in [2.75, 3.05) is 13.2 Å². The summed E-state index contributed by atoms with van der Waals surface area (Å²) in [4.78, 5) is 59.0. The van der Waals surface area contributed by atoms with Crippen molar-refractivity contribution in [3.63, 3.8) is 0 Å². The summed E-state index contributed by atoms with van der Waals surface area (Å²) in [7, 11) is 0. The second-order valence-electron chi connectivity index (χ2n) is 7.03. The number of carbonyl (C=O) groups is 3. The van der Waals surface area contributed by atoms with E-state index in [1.807, 2.05) is 0 Å². The van der Waals surface area contributed by atoms with E-state index in [4.69, 9.17) is 14.2 Å². The molecule has 0 amide bonds. The van der Waals surface area contributed by atoms with Gasteiger partial charge in [0.1, 0.15) is 5.76 Å². The highest BCUT2D eigenvalue weighted by Crippen LogP contribution is 2.30. The molecule has 12 nitrogen and oxygen atoms in total. The minimum atomic E-state index is -1.09. The van der Waals surface area contributed by atoms with Crippen molar-refractivity contribution in [2.45, 2.75) is 20.3 Å². The summed E-state index contributed by atoms with van der Waals surface area (Å²) in [6, 6.07) is 9.54. The SMILES string of the molecule is C=C(C/C(C(=O)OCC)=C(\OC(=O)c1cccc([N+](=O)[O-])c1)c1cccc([N+](=O)[O-])c1)C(=O)OCC. The number of nitro benzene ring substituents is 2. The van der Waals surface area contributed by atoms with Crippen LogP contribution in [0.15, 0.2) is 66.3 Å². The van der Waals surface area contributed by atoms with E-state index in [0.29, 0.717) is 0 Å². The molecule has 2 rings (SSSR count). The predicted molar refractivity (Wildman–Crippen MR) is 126 cm³/mol. The molecule has 36 heavy (non-hydrogen) atoms. The summed E-state index contributed by atoms with van der Waals surface area (Å²) in [5.41, 5.74) is -1.54. The largest absolute Gasteiger partial charge is 0.463 e. The van der Waals surface area contributed by atoms with E-state index in [9.17, 15) is 34.6 Å². The molecule has 0 N–H and O–H groups in total. The van der Waals surface area contributed by atoms with Gasteiger partial charge in [0.15, 0.2) is 0 Å². The number of rotatable bonds is 11. The number of nitro groups is 2. The molecule has 0 spiro atoms. The Morgan fingerprint density at radius 2 is 1.33 bits per heavy atom. The van der Waals surface area contributed by atoms with E-state index < -0.39 is 39.9 Å². The third-order valence-electron chi connectivity index (χ3n) is 4.56. The number of ether oxygens (including phenoxy) is 3. The van der Waals surface area contributed by atoms with Gasteiger partial charge in [-0.3, -0.25) is 20.2 Å². The van der Waals surface area contributed by atoms with Gasteiger partial charge in [-0.2, -0.15) is 0 Å². The molecule has 0 aliphatic heterocycles. The van der Waals surface area contributed by atoms with E-state index in [2.05, 4.69) is 6.58 Å². The zero-order chi connectivity index (χ0) is 26.8. The highest BCUT2D eigenvalue weighted by molar-refractivity contribution is 6.02. The lowest BCUT2D eigenvalue weighted by Crippen LogP contribution is -2.17. The third kappa shape index (κ3) is 7.06. The maximum atomic E-state index is 13.0. The summed E-state index contributed by atoms with van der Waals surface area (Å²) in [6.45, 7) is 6.67. The highest BCUT2D eigenvalue weighted by atomic mass is 16.6. The van der Waals surface area contributed by atoms with E-state index in [0.717, 1.165) is 12.1 Å². The molecule has 0 unspecified atom stereocenters. The number of carbonyl (C=O) groups excluding carboxylic acids is 3. The predicted octanol–water partition coefficient (Wildman–Crippen LogP) is 4.14. The lowest BCUT2D eigenvalue weighted by molar-refractivity contribution is -0.385. The van der Waals surface area contributed by atoms with Crippen molar-refractivity contribution < 1.29 is 38.4 Å². The van der Waals surface area contributed by atoms with Crippen LogP contribution in [0, 0.1) is 20.2 Å². The van der Waals surface area contributed by atoms with Crippen molar-refractivity contribution in [1.29, 1.82) is 0 Å². The molecular formula is C24H22N2O10. The molecule has 0 bridgehead atoms. The molecule has 0 heterocycles. The summed E-state index contributed by atoms with van der Waals surface area (Å²) in [6.07, 6.45) is -0.474. The Bertz CT molecular complexity index is 1250. The molecule has 0 saturated carbocycles. The van der Waals surface area contributed by atoms with Gasteiger partial charge in [-0.25, -0.2) is 14.4 Å². The fourth-order valence-electron chi connectivity index (χ4n) is 2.94. The normalized spacial score (nSPS) is 11.1. The number of non-ortho nitro benzene ring substituents is 2. The first-order valence-electron chi connectivity index (χ1n) is 10.6. The lowest BCUT2D eigenvalue weighted by Gasteiger charge is -2.16. The Kier molecular flexibility index (Phi) is 9.55. The van der Waals surface area contributed by atoms with Gasteiger partial charge < -0.3 is 14.2 Å². The van der Waals surface area contributed by atoms with E-state index >= 15 is 0 Å². The average Bonchev–Trinajstić information content (AvgIpc) is 2.86. The maximum Gasteiger partial charge on any atom is 0.343 e. The monoisotopic (exact) mass is 498 g/mol. The van der Waals surface area contributed by atoms with Crippen LogP contribution in [-0.4, -0.2) is 41.0 Å². The van der Waals surface area contributed by atoms with Gasteiger partial charge in [0.2, 0.25) is 0 Å². The fraction of sp³-hybridized carbons (Fsp3) is 0.208. The van der Waals surface area contributed by atoms with Crippen molar-refractivity contribution in [3.8, 4) is 0 Å². The van der Waals surface area contributed by atoms with Crippen LogP contribution in [0.2, 0.25) is 0 Å². The zero-order valence-corrected chi connectivity index (χ0v) is 19.4. The molecule has 2 aromatic rings. The first-order valence-corrected chi connectivity index (χ1v) is 10.6. The molecule has 2 aromatic carbocycles. The Hall–Kier alpha value is -4.87. The van der Waals surface area contributed by atoms with Crippen molar-refractivity contribution in [2.24, 2.45) is 0 Å². The van der Waals surface area contributed by atoms with Gasteiger partial charge in [-0.15, -0.1) is 0 Å². The Balaban J connectivity index is 2.69. The van der Waals surface area contributed by atoms with Gasteiger partial charge in [-0.05, 0) is 19.9 Å². The van der Waals surface area contributed by atoms with Crippen LogP contribution in [0.1, 0.15) is 36.2 Å². The minimum absolute atomic E-state index is 0.0375. The second kappa shape index (κ2) is 12.6. The Morgan fingerprint density at radius 1 is 0.833 bits per heavy atom. The van der Waals surface area contributed by atoms with Crippen molar-refractivity contribution >= 4 is 35.0 Å². The molecular weight excluding hydrogens is 476 g/mol. The molecule has 0 aliphatic rings. The van der Waals surface area contributed by atoms with Crippen LogP contribution in [-0.2, 0) is 23.8 Å². The number of nitrogens with zero attached hydrogens (tertiary/aromatic N) is 2. The van der Waals surface area contributed by atoms with Crippen molar-refractivity contribution in [1.82, 2.24) is 0 Å². The van der Waals surface area contributed by atoms with Crippen LogP contribution >= 0.6 is 0 Å². The number of hydrogen-bond acceptors (Lipinski definition) is 10. The topological polar surface area (TPSA) is 165 Å². The summed E-state index contributed by atoms with van der Waals surface area (Å²) >= 11 is 0. The molecule has 12 heteroatoms. The summed E-state index contributed by atoms with van der Waals surface area (Å²) in [5, 5.41) is 22.4. The first kappa shape index (κ1) is 27.4. The number of hydrogen-bond donors (Lipinski definition) is 0.